The van der Waals surface area contributed by atoms with Crippen LogP contribution in [0.4, 0.5) is 10.5 Å². The number of rotatable bonds is 6. The Morgan fingerprint density at radius 1 is 1.21 bits per heavy atom. The van der Waals surface area contributed by atoms with Gasteiger partial charge in [0.15, 0.2) is 13.1 Å². The average Bonchev–Trinajstić information content (AvgIpc) is 3.25. The molecule has 0 aliphatic heterocycles. The Morgan fingerprint density at radius 2 is 1.88 bits per heavy atom. The van der Waals surface area contributed by atoms with Crippen molar-refractivity contribution in [1.29, 1.82) is 0 Å². The third-order valence-corrected chi connectivity index (χ3v) is 4.05. The summed E-state index contributed by atoms with van der Waals surface area (Å²) < 4.78 is 0.946. The van der Waals surface area contributed by atoms with Crippen molar-refractivity contribution < 1.29 is 19.3 Å². The van der Waals surface area contributed by atoms with Gasteiger partial charge in [-0.25, -0.2) is 4.79 Å². The minimum Gasteiger partial charge on any atom is -0.335 e. The molecule has 7 nitrogen and oxygen atoms in total. The van der Waals surface area contributed by atoms with Crippen LogP contribution in [0.1, 0.15) is 18.4 Å². The lowest BCUT2D eigenvalue weighted by molar-refractivity contribution is -0.862. The van der Waals surface area contributed by atoms with Gasteiger partial charge in [0, 0.05) is 16.2 Å². The zero-order valence-electron chi connectivity index (χ0n) is 13.7. The molecule has 0 bridgehead atoms. The van der Waals surface area contributed by atoms with E-state index in [2.05, 4.69) is 31.9 Å². The number of carbonyl (C=O) groups excluding carboxylic acids is 3. The molecule has 8 heteroatoms. The third kappa shape index (κ3) is 6.29. The summed E-state index contributed by atoms with van der Waals surface area (Å²) in [5.74, 6) is -0.591. The van der Waals surface area contributed by atoms with Gasteiger partial charge in [0.05, 0.1) is 7.05 Å². The number of amides is 4. The summed E-state index contributed by atoms with van der Waals surface area (Å²) >= 11 is 3.37. The number of urea groups is 1. The largest absolute Gasteiger partial charge is 0.335 e. The first-order valence-electron chi connectivity index (χ1n) is 7.81. The predicted octanol–water partition coefficient (Wildman–Crippen LogP) is 0.199. The van der Waals surface area contributed by atoms with E-state index in [1.54, 1.807) is 7.05 Å². The van der Waals surface area contributed by atoms with Crippen LogP contribution in [-0.2, 0) is 9.59 Å². The molecule has 0 saturated heterocycles. The Hall–Kier alpha value is -1.93. The topological polar surface area (TPSA) is 91.7 Å². The van der Waals surface area contributed by atoms with E-state index in [0.717, 1.165) is 28.6 Å². The number of halogens is 1. The van der Waals surface area contributed by atoms with Crippen molar-refractivity contribution in [2.24, 2.45) is 0 Å². The molecule has 1 aromatic carbocycles. The van der Waals surface area contributed by atoms with E-state index >= 15 is 0 Å². The lowest BCUT2D eigenvalue weighted by Gasteiger charge is -2.14. The molecule has 1 saturated carbocycles. The summed E-state index contributed by atoms with van der Waals surface area (Å²) in [6, 6.07) is 5.32. The van der Waals surface area contributed by atoms with Gasteiger partial charge in [-0.2, -0.15) is 0 Å². The van der Waals surface area contributed by atoms with E-state index in [0.29, 0.717) is 4.90 Å². The Labute approximate surface area is 149 Å². The van der Waals surface area contributed by atoms with Crippen LogP contribution in [-0.4, -0.2) is 44.0 Å². The van der Waals surface area contributed by atoms with Gasteiger partial charge in [-0.1, -0.05) is 15.9 Å². The fourth-order valence-corrected chi connectivity index (χ4v) is 2.67. The summed E-state index contributed by atoms with van der Waals surface area (Å²) in [6.45, 7) is 2.08. The van der Waals surface area contributed by atoms with Crippen molar-refractivity contribution in [3.05, 3.63) is 28.2 Å². The van der Waals surface area contributed by atoms with Crippen LogP contribution in [0.15, 0.2) is 22.7 Å². The van der Waals surface area contributed by atoms with Gasteiger partial charge in [0.25, 0.3) is 11.8 Å². The lowest BCUT2D eigenvalue weighted by atomic mass is 10.2. The molecule has 1 unspecified atom stereocenters. The highest BCUT2D eigenvalue weighted by Crippen LogP contribution is 2.19. The number of carbonyl (C=O) groups is 3. The molecule has 2 rings (SSSR count). The van der Waals surface area contributed by atoms with Crippen molar-refractivity contribution in [2.75, 3.05) is 25.5 Å². The molecule has 1 aliphatic rings. The van der Waals surface area contributed by atoms with Crippen molar-refractivity contribution in [3.8, 4) is 0 Å². The maximum atomic E-state index is 12.1. The Bertz CT molecular complexity index is 646. The number of hydrogen-bond donors (Lipinski definition) is 4. The van der Waals surface area contributed by atoms with Crippen molar-refractivity contribution in [3.63, 3.8) is 0 Å². The van der Waals surface area contributed by atoms with E-state index in [-0.39, 0.29) is 25.0 Å². The second-order valence-electron chi connectivity index (χ2n) is 6.11. The van der Waals surface area contributed by atoms with Crippen molar-refractivity contribution in [2.45, 2.75) is 25.8 Å². The number of benzene rings is 1. The normalized spacial score (nSPS) is 14.6. The molecule has 24 heavy (non-hydrogen) atoms. The van der Waals surface area contributed by atoms with Crippen LogP contribution in [0, 0.1) is 6.92 Å². The second-order valence-corrected chi connectivity index (χ2v) is 7.03. The molecule has 1 fully saturated rings. The Morgan fingerprint density at radius 3 is 2.50 bits per heavy atom. The zero-order chi connectivity index (χ0) is 17.7. The summed E-state index contributed by atoms with van der Waals surface area (Å²) in [5, 5.41) is 7.78. The number of aryl methyl sites for hydroxylation is 1. The van der Waals surface area contributed by atoms with Crippen LogP contribution in [0.3, 0.4) is 0 Å². The molecule has 1 aromatic rings. The highest BCUT2D eigenvalue weighted by molar-refractivity contribution is 9.10. The summed E-state index contributed by atoms with van der Waals surface area (Å²) in [4.78, 5) is 36.0. The van der Waals surface area contributed by atoms with Crippen LogP contribution < -0.4 is 20.9 Å². The minimum absolute atomic E-state index is 0.0465. The van der Waals surface area contributed by atoms with Gasteiger partial charge in [0.1, 0.15) is 0 Å². The third-order valence-electron chi connectivity index (χ3n) is 3.55. The van der Waals surface area contributed by atoms with Crippen LogP contribution >= 0.6 is 15.9 Å². The summed E-state index contributed by atoms with van der Waals surface area (Å²) in [5.41, 5.74) is 1.69. The SMILES string of the molecule is Cc1cc(Br)ccc1NC(=O)C[NH+](C)CC(=O)NC(=O)NC1CC1. The van der Waals surface area contributed by atoms with E-state index in [9.17, 15) is 14.4 Å². The first kappa shape index (κ1) is 18.4. The Balaban J connectivity index is 1.74. The molecule has 0 spiro atoms. The molecule has 4 amide bonds. The lowest BCUT2D eigenvalue weighted by Crippen LogP contribution is -3.11. The van der Waals surface area contributed by atoms with Crippen LogP contribution in [0.2, 0.25) is 0 Å². The highest BCUT2D eigenvalue weighted by Gasteiger charge is 2.24. The van der Waals surface area contributed by atoms with E-state index in [1.165, 1.54) is 0 Å². The molecule has 0 heterocycles. The molecular formula is C16H22BrN4O3+. The monoisotopic (exact) mass is 397 g/mol. The number of nitrogens with one attached hydrogen (secondary N) is 4. The first-order chi connectivity index (χ1) is 11.3. The summed E-state index contributed by atoms with van der Waals surface area (Å²) in [7, 11) is 1.73. The smallest absolute Gasteiger partial charge is 0.321 e. The first-order valence-corrected chi connectivity index (χ1v) is 8.60. The predicted molar refractivity (Wildman–Crippen MR) is 93.8 cm³/mol. The molecule has 130 valence electrons. The molecular weight excluding hydrogens is 376 g/mol. The van der Waals surface area contributed by atoms with Crippen LogP contribution in [0.25, 0.3) is 0 Å². The molecule has 4 N–H and O–H groups in total. The molecule has 1 atom stereocenters. The number of imide groups is 1. The molecule has 0 aromatic heterocycles. The number of likely N-dealkylation sites (N-methyl/N-ethyl adjacent to an activating group) is 1. The van der Waals surface area contributed by atoms with Gasteiger partial charge in [0.2, 0.25) is 0 Å². The highest BCUT2D eigenvalue weighted by atomic mass is 79.9. The zero-order valence-corrected chi connectivity index (χ0v) is 15.3. The van der Waals surface area contributed by atoms with Gasteiger partial charge in [-0.15, -0.1) is 0 Å². The average molecular weight is 398 g/mol. The standard InChI is InChI=1S/C16H21BrN4O3/c1-10-7-11(17)3-6-13(10)19-14(22)8-21(2)9-15(23)20-16(24)18-12-4-5-12/h3,6-7,12H,4-5,8-9H2,1-2H3,(H,19,22)(H2,18,20,23,24)/p+1. The minimum atomic E-state index is -0.467. The number of quaternary nitrogens is 1. The van der Waals surface area contributed by atoms with Crippen molar-refractivity contribution in [1.82, 2.24) is 10.6 Å². The Kier molecular flexibility index (Phi) is 6.33. The van der Waals surface area contributed by atoms with E-state index in [1.807, 2.05) is 25.1 Å². The van der Waals surface area contributed by atoms with Crippen molar-refractivity contribution >= 4 is 39.5 Å². The summed E-state index contributed by atoms with van der Waals surface area (Å²) in [6.07, 6.45) is 1.92. The quantitative estimate of drug-likeness (QED) is 0.552. The number of anilines is 1. The van der Waals surface area contributed by atoms with Gasteiger partial charge < -0.3 is 15.5 Å². The number of hydrogen-bond acceptors (Lipinski definition) is 3. The molecule has 1 aliphatic carbocycles. The maximum absolute atomic E-state index is 12.1. The fourth-order valence-electron chi connectivity index (χ4n) is 2.19. The van der Waals surface area contributed by atoms with Crippen LogP contribution in [0.5, 0.6) is 0 Å². The fraction of sp³-hybridized carbons (Fsp3) is 0.438. The van der Waals surface area contributed by atoms with Gasteiger partial charge in [-0.3, -0.25) is 14.9 Å². The molecule has 0 radical (unpaired) electrons. The van der Waals surface area contributed by atoms with E-state index in [4.69, 9.17) is 0 Å². The van der Waals surface area contributed by atoms with E-state index < -0.39 is 11.9 Å². The maximum Gasteiger partial charge on any atom is 0.321 e. The van der Waals surface area contributed by atoms with Gasteiger partial charge in [-0.05, 0) is 43.5 Å². The van der Waals surface area contributed by atoms with Gasteiger partial charge >= 0.3 is 6.03 Å². The second kappa shape index (κ2) is 8.25.